The minimum atomic E-state index is 0. The molecule has 0 bridgehead atoms. The summed E-state index contributed by atoms with van der Waals surface area (Å²) in [6.45, 7) is 2.27. The molecule has 1 aliphatic rings. The molecule has 0 spiro atoms. The molecule has 0 saturated carbocycles. The van der Waals surface area contributed by atoms with Gasteiger partial charge in [-0.15, -0.1) is 0 Å². The van der Waals surface area contributed by atoms with Crippen LogP contribution in [0.15, 0.2) is 29.8 Å². The third-order valence-electron chi connectivity index (χ3n) is 3.09. The van der Waals surface area contributed by atoms with Crippen LogP contribution in [0, 0.1) is 0 Å². The third-order valence-corrected chi connectivity index (χ3v) is 4.76. The van der Waals surface area contributed by atoms with E-state index in [1.165, 1.54) is 31.2 Å². The largest absolute Gasteiger partial charge is 1.00 e. The van der Waals surface area contributed by atoms with E-state index < -0.39 is 0 Å². The molecule has 0 heterocycles. The SMILES string of the molecule is CCCCCC1=Cc2ccccc2[CH]1[Zr+2].[Cl-].[Cl-]. The molecule has 1 unspecified atom stereocenters. The topological polar surface area (TPSA) is 0 Å². The van der Waals surface area contributed by atoms with E-state index in [1.807, 2.05) is 0 Å². The van der Waals surface area contributed by atoms with Crippen molar-refractivity contribution in [2.75, 3.05) is 0 Å². The van der Waals surface area contributed by atoms with Gasteiger partial charge in [-0.1, -0.05) is 0 Å². The molecule has 17 heavy (non-hydrogen) atoms. The molecule has 1 aromatic rings. The second-order valence-electron chi connectivity index (χ2n) is 4.24. The first-order valence-electron chi connectivity index (χ1n) is 5.83. The van der Waals surface area contributed by atoms with E-state index in [-0.39, 0.29) is 24.8 Å². The van der Waals surface area contributed by atoms with E-state index in [0.717, 1.165) is 3.63 Å². The predicted molar refractivity (Wildman–Crippen MR) is 61.3 cm³/mol. The van der Waals surface area contributed by atoms with Crippen LogP contribution in [0.2, 0.25) is 0 Å². The number of benzene rings is 1. The first-order valence-corrected chi connectivity index (χ1v) is 7.25. The van der Waals surface area contributed by atoms with E-state index in [2.05, 4.69) is 37.3 Å². The Morgan fingerprint density at radius 2 is 1.82 bits per heavy atom. The average molecular weight is 347 g/mol. The molecule has 2 rings (SSSR count). The van der Waals surface area contributed by atoms with Crippen molar-refractivity contribution in [1.82, 2.24) is 0 Å². The van der Waals surface area contributed by atoms with E-state index in [0.29, 0.717) is 0 Å². The summed E-state index contributed by atoms with van der Waals surface area (Å²) in [7, 11) is 0. The van der Waals surface area contributed by atoms with Gasteiger partial charge >= 0.3 is 108 Å². The summed E-state index contributed by atoms with van der Waals surface area (Å²) in [5, 5.41) is 0. The molecule has 0 saturated heterocycles. The van der Waals surface area contributed by atoms with Gasteiger partial charge in [-0.2, -0.15) is 0 Å². The van der Waals surface area contributed by atoms with Gasteiger partial charge in [0.05, 0.1) is 0 Å². The van der Waals surface area contributed by atoms with Crippen molar-refractivity contribution in [2.24, 2.45) is 0 Å². The maximum absolute atomic E-state index is 2.42. The van der Waals surface area contributed by atoms with Crippen molar-refractivity contribution >= 4 is 6.08 Å². The quantitative estimate of drug-likeness (QED) is 0.568. The number of hydrogen-bond acceptors (Lipinski definition) is 0. The minimum Gasteiger partial charge on any atom is -1.00 e. The van der Waals surface area contributed by atoms with E-state index in [1.54, 1.807) is 35.9 Å². The summed E-state index contributed by atoms with van der Waals surface area (Å²) in [6, 6.07) is 8.85. The number of hydrogen-bond donors (Lipinski definition) is 0. The molecule has 0 fully saturated rings. The average Bonchev–Trinajstić information content (AvgIpc) is 2.57. The Kier molecular flexibility index (Phi) is 8.72. The molecule has 1 aliphatic carbocycles. The Morgan fingerprint density at radius 3 is 2.47 bits per heavy atom. The Morgan fingerprint density at radius 1 is 1.12 bits per heavy atom. The molecular formula is C14H17Cl2Zr. The molecule has 0 nitrogen and oxygen atoms in total. The van der Waals surface area contributed by atoms with Crippen LogP contribution in [0.25, 0.3) is 6.08 Å². The van der Waals surface area contributed by atoms with Crippen molar-refractivity contribution < 1.29 is 49.5 Å². The fraction of sp³-hybridized carbons (Fsp3) is 0.429. The molecule has 91 valence electrons. The van der Waals surface area contributed by atoms with Crippen molar-refractivity contribution in [1.29, 1.82) is 0 Å². The van der Waals surface area contributed by atoms with Crippen molar-refractivity contribution in [3.8, 4) is 0 Å². The zero-order valence-electron chi connectivity index (χ0n) is 10.0. The normalized spacial score (nSPS) is 16.6. The zero-order chi connectivity index (χ0) is 10.7. The van der Waals surface area contributed by atoms with Crippen LogP contribution in [0.1, 0.15) is 47.4 Å². The Balaban J connectivity index is 0.00000128. The number of unbranched alkanes of at least 4 members (excludes halogenated alkanes) is 2. The Labute approximate surface area is 132 Å². The summed E-state index contributed by atoms with van der Waals surface area (Å²) < 4.78 is 0.741. The molecule has 0 amide bonds. The molecule has 0 aromatic heterocycles. The summed E-state index contributed by atoms with van der Waals surface area (Å²) >= 11 is 1.64. The summed E-state index contributed by atoms with van der Waals surface area (Å²) in [5.41, 5.74) is 4.69. The van der Waals surface area contributed by atoms with Gasteiger partial charge in [0, 0.05) is 0 Å². The maximum atomic E-state index is 2.42. The molecule has 0 radical (unpaired) electrons. The van der Waals surface area contributed by atoms with Crippen LogP contribution < -0.4 is 24.8 Å². The van der Waals surface area contributed by atoms with Gasteiger partial charge in [0.25, 0.3) is 0 Å². The number of allylic oxidation sites excluding steroid dienone is 1. The second kappa shape index (κ2) is 8.51. The predicted octanol–water partition coefficient (Wildman–Crippen LogP) is -1.74. The van der Waals surface area contributed by atoms with Crippen LogP contribution in [-0.2, 0) is 24.7 Å². The van der Waals surface area contributed by atoms with Gasteiger partial charge < -0.3 is 24.8 Å². The van der Waals surface area contributed by atoms with E-state index in [4.69, 9.17) is 0 Å². The van der Waals surface area contributed by atoms with Gasteiger partial charge in [0.1, 0.15) is 0 Å². The first-order chi connectivity index (χ1) is 7.33. The smallest absolute Gasteiger partial charge is 1.00 e. The third kappa shape index (κ3) is 4.23. The number of halogens is 2. The van der Waals surface area contributed by atoms with E-state index in [9.17, 15) is 0 Å². The van der Waals surface area contributed by atoms with Crippen molar-refractivity contribution in [3.05, 3.63) is 41.0 Å². The first kappa shape index (κ1) is 17.4. The molecule has 1 atom stereocenters. The molecule has 3 heteroatoms. The summed E-state index contributed by atoms with van der Waals surface area (Å²) in [4.78, 5) is 0. The fourth-order valence-electron chi connectivity index (χ4n) is 2.18. The van der Waals surface area contributed by atoms with Gasteiger partial charge in [-0.05, 0) is 0 Å². The van der Waals surface area contributed by atoms with Crippen LogP contribution in [-0.4, -0.2) is 0 Å². The standard InChI is InChI=1S/C14H17.2ClH.Zr/c1-2-3-4-7-12-10-13-8-5-6-9-14(13)11-12;;;/h5-6,8-11H,2-4,7H2,1H3;2*1H;/q;;;+2/p-2. The number of rotatable bonds is 4. The number of fused-ring (bicyclic) bond motifs is 1. The van der Waals surface area contributed by atoms with Crippen LogP contribution in [0.5, 0.6) is 0 Å². The van der Waals surface area contributed by atoms with Gasteiger partial charge in [0.2, 0.25) is 0 Å². The van der Waals surface area contributed by atoms with Crippen molar-refractivity contribution in [3.63, 3.8) is 0 Å². The monoisotopic (exact) mass is 345 g/mol. The second-order valence-corrected chi connectivity index (χ2v) is 5.66. The van der Waals surface area contributed by atoms with E-state index >= 15 is 0 Å². The van der Waals surface area contributed by atoms with Gasteiger partial charge in [-0.3, -0.25) is 0 Å². The Hall–Kier alpha value is 0.423. The van der Waals surface area contributed by atoms with Gasteiger partial charge in [0.15, 0.2) is 0 Å². The minimum absolute atomic E-state index is 0. The molecule has 0 N–H and O–H groups in total. The van der Waals surface area contributed by atoms with Crippen LogP contribution in [0.3, 0.4) is 0 Å². The Bertz CT molecular complexity index is 374. The fourth-order valence-corrected chi connectivity index (χ4v) is 3.39. The summed E-state index contributed by atoms with van der Waals surface area (Å²) in [5.74, 6) is 0. The molecule has 0 aliphatic heterocycles. The van der Waals surface area contributed by atoms with Crippen LogP contribution in [0.4, 0.5) is 0 Å². The van der Waals surface area contributed by atoms with Crippen molar-refractivity contribution in [2.45, 2.75) is 36.2 Å². The molecular weight excluding hydrogens is 330 g/mol. The maximum Gasteiger partial charge on any atom is -1.00 e. The zero-order valence-corrected chi connectivity index (χ0v) is 14.0. The van der Waals surface area contributed by atoms with Gasteiger partial charge in [-0.25, -0.2) is 0 Å². The molecule has 1 aromatic carbocycles. The van der Waals surface area contributed by atoms with Crippen LogP contribution >= 0.6 is 0 Å². The summed E-state index contributed by atoms with van der Waals surface area (Å²) in [6.07, 6.45) is 7.78.